The third kappa shape index (κ3) is 4.54. The van der Waals surface area contributed by atoms with Crippen LogP contribution in [0.25, 0.3) is 11.1 Å². The van der Waals surface area contributed by atoms with Crippen molar-refractivity contribution in [3.63, 3.8) is 0 Å². The van der Waals surface area contributed by atoms with Crippen LogP contribution in [0.5, 0.6) is 0 Å². The molecule has 2 N–H and O–H groups in total. The van der Waals surface area contributed by atoms with Gasteiger partial charge in [-0.25, -0.2) is 4.79 Å². The number of benzene rings is 3. The fourth-order valence-electron chi connectivity index (χ4n) is 3.99. The second-order valence-electron chi connectivity index (χ2n) is 7.78. The molecular weight excluding hydrogens is 404 g/mol. The molecule has 3 aromatic rings. The zero-order valence-electron chi connectivity index (χ0n) is 17.6. The number of likely N-dealkylation sites (tertiary alicyclic amines) is 1. The maximum absolute atomic E-state index is 13.0. The van der Waals surface area contributed by atoms with Crippen molar-refractivity contribution in [1.82, 2.24) is 4.90 Å². The van der Waals surface area contributed by atoms with E-state index < -0.39 is 5.97 Å². The number of aromatic carboxylic acids is 1. The standard InChI is InChI=1S/C26H24N2O4/c29-24(22-10-4-2-8-20(22)21-9-3-5-11-23(21)26(31)32)27-19-14-12-18(13-15-19)25(30)28-16-6-1-7-17-28/h2-5,8-15H,1,6-7,16-17H2,(H,27,29)(H,31,32). The Morgan fingerprint density at radius 1 is 0.719 bits per heavy atom. The minimum Gasteiger partial charge on any atom is -0.478 e. The molecule has 6 nitrogen and oxygen atoms in total. The van der Waals surface area contributed by atoms with Crippen molar-refractivity contribution < 1.29 is 19.5 Å². The SMILES string of the molecule is O=C(O)c1ccccc1-c1ccccc1C(=O)Nc1ccc(C(=O)N2CCCCC2)cc1. The summed E-state index contributed by atoms with van der Waals surface area (Å²) in [5, 5.41) is 12.4. The van der Waals surface area contributed by atoms with Gasteiger partial charge in [0.1, 0.15) is 0 Å². The third-order valence-electron chi connectivity index (χ3n) is 5.65. The lowest BCUT2D eigenvalue weighted by Crippen LogP contribution is -2.35. The predicted molar refractivity (Wildman–Crippen MR) is 123 cm³/mol. The van der Waals surface area contributed by atoms with Gasteiger partial charge in [0.25, 0.3) is 11.8 Å². The molecule has 0 radical (unpaired) electrons. The van der Waals surface area contributed by atoms with E-state index in [1.807, 2.05) is 4.90 Å². The molecule has 32 heavy (non-hydrogen) atoms. The van der Waals surface area contributed by atoms with E-state index in [0.717, 1.165) is 32.4 Å². The number of carbonyl (C=O) groups is 3. The Hall–Kier alpha value is -3.93. The van der Waals surface area contributed by atoms with Crippen LogP contribution in [0.1, 0.15) is 50.3 Å². The van der Waals surface area contributed by atoms with Crippen molar-refractivity contribution in [3.8, 4) is 11.1 Å². The van der Waals surface area contributed by atoms with Crippen LogP contribution in [0.2, 0.25) is 0 Å². The average Bonchev–Trinajstić information content (AvgIpc) is 2.84. The molecule has 0 aliphatic carbocycles. The van der Waals surface area contributed by atoms with Crippen molar-refractivity contribution in [2.24, 2.45) is 0 Å². The zero-order valence-corrected chi connectivity index (χ0v) is 17.6. The number of nitrogens with zero attached hydrogens (tertiary/aromatic N) is 1. The lowest BCUT2D eigenvalue weighted by molar-refractivity contribution is 0.0694. The van der Waals surface area contributed by atoms with Crippen LogP contribution in [0, 0.1) is 0 Å². The number of hydrogen-bond donors (Lipinski definition) is 2. The van der Waals surface area contributed by atoms with E-state index in [4.69, 9.17) is 0 Å². The number of carbonyl (C=O) groups excluding carboxylic acids is 2. The van der Waals surface area contributed by atoms with E-state index in [1.54, 1.807) is 66.7 Å². The molecule has 1 fully saturated rings. The number of rotatable bonds is 5. The summed E-state index contributed by atoms with van der Waals surface area (Å²) >= 11 is 0. The van der Waals surface area contributed by atoms with E-state index in [-0.39, 0.29) is 17.4 Å². The molecule has 2 amide bonds. The maximum atomic E-state index is 13.0. The maximum Gasteiger partial charge on any atom is 0.336 e. The van der Waals surface area contributed by atoms with Crippen LogP contribution in [-0.2, 0) is 0 Å². The minimum absolute atomic E-state index is 0.0122. The van der Waals surface area contributed by atoms with Crippen LogP contribution in [0.15, 0.2) is 72.8 Å². The summed E-state index contributed by atoms with van der Waals surface area (Å²) in [5.41, 5.74) is 2.68. The Bertz CT molecular complexity index is 1150. The van der Waals surface area contributed by atoms with Crippen LogP contribution >= 0.6 is 0 Å². The highest BCUT2D eigenvalue weighted by Gasteiger charge is 2.19. The van der Waals surface area contributed by atoms with Crippen molar-refractivity contribution in [2.75, 3.05) is 18.4 Å². The summed E-state index contributed by atoms with van der Waals surface area (Å²) in [4.78, 5) is 39.2. The second-order valence-corrected chi connectivity index (χ2v) is 7.78. The van der Waals surface area contributed by atoms with Gasteiger partial charge in [0.2, 0.25) is 0 Å². The van der Waals surface area contributed by atoms with Crippen molar-refractivity contribution in [2.45, 2.75) is 19.3 Å². The van der Waals surface area contributed by atoms with Gasteiger partial charge in [-0.3, -0.25) is 9.59 Å². The number of carboxylic acids is 1. The molecule has 1 heterocycles. The van der Waals surface area contributed by atoms with Crippen LogP contribution in [-0.4, -0.2) is 40.9 Å². The topological polar surface area (TPSA) is 86.7 Å². The smallest absolute Gasteiger partial charge is 0.336 e. The fraction of sp³-hybridized carbons (Fsp3) is 0.192. The summed E-state index contributed by atoms with van der Waals surface area (Å²) in [6.07, 6.45) is 3.22. The first-order valence-corrected chi connectivity index (χ1v) is 10.7. The first kappa shape index (κ1) is 21.3. The molecule has 0 saturated carbocycles. The molecule has 0 bridgehead atoms. The first-order chi connectivity index (χ1) is 15.5. The normalized spacial score (nSPS) is 13.4. The lowest BCUT2D eigenvalue weighted by atomic mass is 9.95. The van der Waals surface area contributed by atoms with Gasteiger partial charge in [0, 0.05) is 29.9 Å². The summed E-state index contributed by atoms with van der Waals surface area (Å²) < 4.78 is 0. The third-order valence-corrected chi connectivity index (χ3v) is 5.65. The number of anilines is 1. The van der Waals surface area contributed by atoms with Gasteiger partial charge >= 0.3 is 5.97 Å². The molecule has 162 valence electrons. The van der Waals surface area contributed by atoms with Gasteiger partial charge < -0.3 is 15.3 Å². The van der Waals surface area contributed by atoms with Gasteiger partial charge in [-0.1, -0.05) is 36.4 Å². The molecule has 1 aliphatic heterocycles. The molecular formula is C26H24N2O4. The Kier molecular flexibility index (Phi) is 6.31. The van der Waals surface area contributed by atoms with Gasteiger partial charge in [0.05, 0.1) is 5.56 Å². The number of piperidine rings is 1. The van der Waals surface area contributed by atoms with Crippen LogP contribution in [0.3, 0.4) is 0 Å². The number of carboxylic acid groups (broad SMARTS) is 1. The van der Waals surface area contributed by atoms with E-state index in [9.17, 15) is 19.5 Å². The van der Waals surface area contributed by atoms with Crippen molar-refractivity contribution >= 4 is 23.5 Å². The number of nitrogens with one attached hydrogen (secondary N) is 1. The van der Waals surface area contributed by atoms with E-state index in [2.05, 4.69) is 5.32 Å². The highest BCUT2D eigenvalue weighted by Crippen LogP contribution is 2.28. The highest BCUT2D eigenvalue weighted by molar-refractivity contribution is 6.10. The fourth-order valence-corrected chi connectivity index (χ4v) is 3.99. The lowest BCUT2D eigenvalue weighted by Gasteiger charge is -2.26. The predicted octanol–water partition coefficient (Wildman–Crippen LogP) is 4.93. The minimum atomic E-state index is -1.05. The Labute approximate surface area is 186 Å². The summed E-state index contributed by atoms with van der Waals surface area (Å²) in [6, 6.07) is 20.4. The molecule has 0 atom stereocenters. The molecule has 6 heteroatoms. The number of hydrogen-bond acceptors (Lipinski definition) is 3. The van der Waals surface area contributed by atoms with Crippen LogP contribution in [0.4, 0.5) is 5.69 Å². The highest BCUT2D eigenvalue weighted by atomic mass is 16.4. The first-order valence-electron chi connectivity index (χ1n) is 10.7. The molecule has 1 aliphatic rings. The molecule has 0 aromatic heterocycles. The number of amides is 2. The summed E-state index contributed by atoms with van der Waals surface area (Å²) in [5.74, 6) is -1.39. The zero-order chi connectivity index (χ0) is 22.5. The van der Waals surface area contributed by atoms with Crippen LogP contribution < -0.4 is 5.32 Å². The Morgan fingerprint density at radius 3 is 1.91 bits per heavy atom. The average molecular weight is 428 g/mol. The van der Waals surface area contributed by atoms with Gasteiger partial charge in [0.15, 0.2) is 0 Å². The van der Waals surface area contributed by atoms with Gasteiger partial charge in [-0.15, -0.1) is 0 Å². The molecule has 4 rings (SSSR count). The van der Waals surface area contributed by atoms with Crippen molar-refractivity contribution in [1.29, 1.82) is 0 Å². The Morgan fingerprint density at radius 2 is 1.28 bits per heavy atom. The molecule has 0 unspecified atom stereocenters. The van der Waals surface area contributed by atoms with E-state index in [1.165, 1.54) is 6.07 Å². The molecule has 0 spiro atoms. The van der Waals surface area contributed by atoms with Gasteiger partial charge in [-0.05, 0) is 66.8 Å². The van der Waals surface area contributed by atoms with Crippen molar-refractivity contribution in [3.05, 3.63) is 89.5 Å². The molecule has 3 aromatic carbocycles. The largest absolute Gasteiger partial charge is 0.478 e. The second kappa shape index (κ2) is 9.47. The monoisotopic (exact) mass is 428 g/mol. The Balaban J connectivity index is 1.54. The molecule has 1 saturated heterocycles. The summed E-state index contributed by atoms with van der Waals surface area (Å²) in [7, 11) is 0. The quantitative estimate of drug-likeness (QED) is 0.603. The van der Waals surface area contributed by atoms with E-state index >= 15 is 0 Å². The van der Waals surface area contributed by atoms with E-state index in [0.29, 0.717) is 27.9 Å². The van der Waals surface area contributed by atoms with Gasteiger partial charge in [-0.2, -0.15) is 0 Å². The summed E-state index contributed by atoms with van der Waals surface area (Å²) in [6.45, 7) is 1.57.